The molecule has 9 heteroatoms. The number of carbonyl (C=O) groups is 1. The van der Waals surface area contributed by atoms with Crippen LogP contribution < -0.4 is 10.2 Å². The zero-order valence-corrected chi connectivity index (χ0v) is 12.4. The van der Waals surface area contributed by atoms with E-state index in [-0.39, 0.29) is 5.92 Å². The van der Waals surface area contributed by atoms with Crippen molar-refractivity contribution in [1.29, 1.82) is 0 Å². The Morgan fingerprint density at radius 1 is 1.23 bits per heavy atom. The van der Waals surface area contributed by atoms with Gasteiger partial charge in [-0.2, -0.15) is 4.72 Å². The van der Waals surface area contributed by atoms with Crippen molar-refractivity contribution in [3.63, 3.8) is 0 Å². The van der Waals surface area contributed by atoms with Crippen LogP contribution in [0.2, 0.25) is 0 Å². The Bertz CT molecular complexity index is 660. The van der Waals surface area contributed by atoms with Crippen LogP contribution in [0.4, 0.5) is 8.78 Å². The molecular formula is C13H16F2N2O4S. The number of hydrogen-bond donors (Lipinski definition) is 3. The van der Waals surface area contributed by atoms with Gasteiger partial charge in [-0.25, -0.2) is 22.7 Å². The van der Waals surface area contributed by atoms with Gasteiger partial charge in [0, 0.05) is 0 Å². The van der Waals surface area contributed by atoms with Crippen LogP contribution in [-0.2, 0) is 14.8 Å². The molecule has 22 heavy (non-hydrogen) atoms. The van der Waals surface area contributed by atoms with Gasteiger partial charge in [-0.3, -0.25) is 10.0 Å². The Kier molecular flexibility index (Phi) is 5.09. The maximum Gasteiger partial charge on any atom is 0.261 e. The molecule has 0 bridgehead atoms. The summed E-state index contributed by atoms with van der Waals surface area (Å²) in [6.07, 6.45) is 2.98. The fourth-order valence-corrected chi connectivity index (χ4v) is 3.88. The number of sulfonamides is 1. The predicted molar refractivity (Wildman–Crippen MR) is 72.4 cm³/mol. The molecule has 0 spiro atoms. The molecule has 0 aromatic heterocycles. The Morgan fingerprint density at radius 2 is 1.86 bits per heavy atom. The van der Waals surface area contributed by atoms with Gasteiger partial charge in [0.1, 0.15) is 6.04 Å². The molecule has 1 unspecified atom stereocenters. The minimum absolute atomic E-state index is 0.257. The van der Waals surface area contributed by atoms with Gasteiger partial charge in [-0.05, 0) is 37.0 Å². The first-order valence-corrected chi connectivity index (χ1v) is 8.25. The van der Waals surface area contributed by atoms with Gasteiger partial charge in [0.2, 0.25) is 10.0 Å². The van der Waals surface area contributed by atoms with Gasteiger partial charge < -0.3 is 0 Å². The third-order valence-electron chi connectivity index (χ3n) is 3.75. The highest BCUT2D eigenvalue weighted by Crippen LogP contribution is 2.28. The summed E-state index contributed by atoms with van der Waals surface area (Å²) in [6, 6.07) is 0.982. The van der Waals surface area contributed by atoms with Crippen LogP contribution in [0, 0.1) is 17.6 Å². The monoisotopic (exact) mass is 334 g/mol. The van der Waals surface area contributed by atoms with Gasteiger partial charge in [-0.15, -0.1) is 0 Å². The molecule has 1 aliphatic rings. The Hall–Kier alpha value is -1.58. The van der Waals surface area contributed by atoms with Crippen LogP contribution in [0.25, 0.3) is 0 Å². The highest BCUT2D eigenvalue weighted by atomic mass is 32.2. The summed E-state index contributed by atoms with van der Waals surface area (Å²) in [5, 5.41) is 8.77. The first-order valence-electron chi connectivity index (χ1n) is 6.76. The molecule has 1 aromatic rings. The maximum absolute atomic E-state index is 13.2. The minimum Gasteiger partial charge on any atom is -0.289 e. The summed E-state index contributed by atoms with van der Waals surface area (Å²) < 4.78 is 52.7. The van der Waals surface area contributed by atoms with Crippen molar-refractivity contribution in [3.8, 4) is 0 Å². The molecule has 1 atom stereocenters. The van der Waals surface area contributed by atoms with Crippen molar-refractivity contribution in [1.82, 2.24) is 10.2 Å². The molecule has 0 aliphatic heterocycles. The molecule has 3 N–H and O–H groups in total. The number of hydroxylamine groups is 1. The van der Waals surface area contributed by atoms with Gasteiger partial charge in [0.25, 0.3) is 5.91 Å². The average Bonchev–Trinajstić information content (AvgIpc) is 3.00. The number of benzene rings is 1. The van der Waals surface area contributed by atoms with Crippen LogP contribution in [0.3, 0.4) is 0 Å². The molecule has 1 amide bonds. The number of amides is 1. The first kappa shape index (κ1) is 16.8. The maximum atomic E-state index is 13.2. The smallest absolute Gasteiger partial charge is 0.261 e. The zero-order valence-electron chi connectivity index (χ0n) is 11.6. The SMILES string of the molecule is O=C(NO)C(NS(=O)(=O)c1ccc(F)c(F)c1)C1CCCC1. The Labute approximate surface area is 126 Å². The van der Waals surface area contributed by atoms with Gasteiger partial charge in [-0.1, -0.05) is 12.8 Å². The quantitative estimate of drug-likeness (QED) is 0.559. The highest BCUT2D eigenvalue weighted by molar-refractivity contribution is 7.89. The topological polar surface area (TPSA) is 95.5 Å². The van der Waals surface area contributed by atoms with E-state index in [1.807, 2.05) is 0 Å². The van der Waals surface area contributed by atoms with Crippen molar-refractivity contribution in [2.24, 2.45) is 5.92 Å². The first-order chi connectivity index (χ1) is 10.3. The fourth-order valence-electron chi connectivity index (χ4n) is 2.60. The van der Waals surface area contributed by atoms with E-state index < -0.39 is 38.5 Å². The van der Waals surface area contributed by atoms with Crippen molar-refractivity contribution < 1.29 is 27.2 Å². The highest BCUT2D eigenvalue weighted by Gasteiger charge is 2.34. The third-order valence-corrected chi connectivity index (χ3v) is 5.19. The van der Waals surface area contributed by atoms with Crippen molar-refractivity contribution in [2.45, 2.75) is 36.6 Å². The summed E-state index contributed by atoms with van der Waals surface area (Å²) >= 11 is 0. The van der Waals surface area contributed by atoms with E-state index in [0.717, 1.165) is 18.9 Å². The van der Waals surface area contributed by atoms with E-state index in [9.17, 15) is 22.0 Å². The largest absolute Gasteiger partial charge is 0.289 e. The van der Waals surface area contributed by atoms with E-state index in [2.05, 4.69) is 4.72 Å². The molecule has 0 radical (unpaired) electrons. The molecule has 1 aromatic carbocycles. The van der Waals surface area contributed by atoms with E-state index in [1.54, 1.807) is 0 Å². The molecular weight excluding hydrogens is 318 g/mol. The Balaban J connectivity index is 2.26. The molecule has 0 heterocycles. The second-order valence-electron chi connectivity index (χ2n) is 5.20. The second kappa shape index (κ2) is 6.67. The van der Waals surface area contributed by atoms with Crippen LogP contribution >= 0.6 is 0 Å². The molecule has 6 nitrogen and oxygen atoms in total. The number of hydrogen-bond acceptors (Lipinski definition) is 4. The third kappa shape index (κ3) is 3.60. The van der Waals surface area contributed by atoms with Crippen LogP contribution in [0.15, 0.2) is 23.1 Å². The van der Waals surface area contributed by atoms with Crippen molar-refractivity contribution >= 4 is 15.9 Å². The number of nitrogens with one attached hydrogen (secondary N) is 2. The molecule has 1 aliphatic carbocycles. The molecule has 0 saturated heterocycles. The lowest BCUT2D eigenvalue weighted by atomic mass is 9.99. The second-order valence-corrected chi connectivity index (χ2v) is 6.91. The summed E-state index contributed by atoms with van der Waals surface area (Å²) in [5.74, 6) is -3.60. The van der Waals surface area contributed by atoms with Gasteiger partial charge in [0.05, 0.1) is 4.90 Å². The summed E-state index contributed by atoms with van der Waals surface area (Å²) in [7, 11) is -4.22. The molecule has 1 saturated carbocycles. The average molecular weight is 334 g/mol. The summed E-state index contributed by atoms with van der Waals surface area (Å²) in [4.78, 5) is 11.2. The number of rotatable bonds is 5. The molecule has 1 fully saturated rings. The predicted octanol–water partition coefficient (Wildman–Crippen LogP) is 1.31. The van der Waals surface area contributed by atoms with Crippen molar-refractivity contribution in [3.05, 3.63) is 29.8 Å². The minimum atomic E-state index is -4.22. The van der Waals surface area contributed by atoms with E-state index in [0.29, 0.717) is 25.0 Å². The lowest BCUT2D eigenvalue weighted by Crippen LogP contribution is -2.49. The van der Waals surface area contributed by atoms with E-state index in [4.69, 9.17) is 5.21 Å². The van der Waals surface area contributed by atoms with Gasteiger partial charge in [0.15, 0.2) is 11.6 Å². The molecule has 2 rings (SSSR count). The van der Waals surface area contributed by atoms with Crippen LogP contribution in [0.1, 0.15) is 25.7 Å². The van der Waals surface area contributed by atoms with Crippen LogP contribution in [0.5, 0.6) is 0 Å². The number of carbonyl (C=O) groups excluding carboxylic acids is 1. The Morgan fingerprint density at radius 3 is 2.41 bits per heavy atom. The van der Waals surface area contributed by atoms with E-state index >= 15 is 0 Å². The lowest BCUT2D eigenvalue weighted by molar-refractivity contribution is -0.132. The normalized spacial score (nSPS) is 17.4. The zero-order chi connectivity index (χ0) is 16.3. The van der Waals surface area contributed by atoms with Gasteiger partial charge >= 0.3 is 0 Å². The fraction of sp³-hybridized carbons (Fsp3) is 0.462. The lowest BCUT2D eigenvalue weighted by Gasteiger charge is -2.22. The molecule has 122 valence electrons. The summed E-state index contributed by atoms with van der Waals surface area (Å²) in [6.45, 7) is 0. The number of halogens is 2. The van der Waals surface area contributed by atoms with Crippen LogP contribution in [-0.4, -0.2) is 25.6 Å². The van der Waals surface area contributed by atoms with Crippen molar-refractivity contribution in [2.75, 3.05) is 0 Å². The summed E-state index contributed by atoms with van der Waals surface area (Å²) in [5.41, 5.74) is 1.44. The standard InChI is InChI=1S/C13H16F2N2O4S/c14-10-6-5-9(7-11(10)15)22(20,21)17-12(13(18)16-19)8-3-1-2-4-8/h5-8,12,17,19H,1-4H2,(H,16,18). The van der Waals surface area contributed by atoms with E-state index in [1.165, 1.54) is 5.48 Å².